The number of aromatic nitrogens is 1. The number of likely N-dealkylation sites (N-methyl/N-ethyl adjacent to an activating group) is 1. The number of nitrogens with two attached hydrogens (primary N) is 1. The first-order chi connectivity index (χ1) is 9.97. The highest BCUT2D eigenvalue weighted by Gasteiger charge is 2.16. The standard InChI is InChI=1S/C16H28N4O/c1-5-7-14-11-13(12-15(17)18-14)16(21)20(8-6-2)10-9-19(3)4/h11-12H,5-10H2,1-4H3,(H2,17,18). The maximum atomic E-state index is 12.7. The molecule has 0 spiro atoms. The van der Waals surface area contributed by atoms with E-state index in [0.29, 0.717) is 11.4 Å². The summed E-state index contributed by atoms with van der Waals surface area (Å²) in [6.45, 7) is 6.52. The van der Waals surface area contributed by atoms with E-state index < -0.39 is 0 Å². The third-order valence-electron chi connectivity index (χ3n) is 3.25. The van der Waals surface area contributed by atoms with Gasteiger partial charge in [-0.2, -0.15) is 0 Å². The van der Waals surface area contributed by atoms with Gasteiger partial charge in [0.1, 0.15) is 5.82 Å². The van der Waals surface area contributed by atoms with Crippen LogP contribution in [0.15, 0.2) is 12.1 Å². The number of rotatable bonds is 8. The number of hydrogen-bond donors (Lipinski definition) is 1. The second-order valence-electron chi connectivity index (χ2n) is 5.62. The van der Waals surface area contributed by atoms with Crippen LogP contribution in [0.1, 0.15) is 42.7 Å². The highest BCUT2D eigenvalue weighted by Crippen LogP contribution is 2.12. The maximum Gasteiger partial charge on any atom is 0.254 e. The second kappa shape index (κ2) is 8.62. The number of hydrogen-bond acceptors (Lipinski definition) is 4. The Morgan fingerprint density at radius 1 is 1.14 bits per heavy atom. The van der Waals surface area contributed by atoms with Crippen molar-refractivity contribution in [2.24, 2.45) is 0 Å². The molecule has 0 saturated heterocycles. The van der Waals surface area contributed by atoms with Crippen LogP contribution in [0.4, 0.5) is 5.82 Å². The van der Waals surface area contributed by atoms with Crippen LogP contribution >= 0.6 is 0 Å². The van der Waals surface area contributed by atoms with Crippen LogP contribution in [0.5, 0.6) is 0 Å². The van der Waals surface area contributed by atoms with Gasteiger partial charge in [0, 0.05) is 30.9 Å². The first-order valence-electron chi connectivity index (χ1n) is 7.68. The summed E-state index contributed by atoms with van der Waals surface area (Å²) >= 11 is 0. The molecule has 21 heavy (non-hydrogen) atoms. The number of carbonyl (C=O) groups is 1. The van der Waals surface area contributed by atoms with Crippen LogP contribution in [0, 0.1) is 0 Å². The molecule has 0 bridgehead atoms. The lowest BCUT2D eigenvalue weighted by Gasteiger charge is -2.24. The van der Waals surface area contributed by atoms with Gasteiger partial charge in [-0.05, 0) is 39.1 Å². The number of nitrogen functional groups attached to an aromatic ring is 1. The Balaban J connectivity index is 2.91. The van der Waals surface area contributed by atoms with E-state index in [1.165, 1.54) is 0 Å². The monoisotopic (exact) mass is 292 g/mol. The fraction of sp³-hybridized carbons (Fsp3) is 0.625. The summed E-state index contributed by atoms with van der Waals surface area (Å²) in [6, 6.07) is 3.56. The molecule has 1 aromatic rings. The normalized spacial score (nSPS) is 10.9. The topological polar surface area (TPSA) is 62.5 Å². The third kappa shape index (κ3) is 5.71. The minimum absolute atomic E-state index is 0.0464. The van der Waals surface area contributed by atoms with Crippen LogP contribution in [-0.4, -0.2) is 54.4 Å². The molecular weight excluding hydrogens is 264 g/mol. The van der Waals surface area contributed by atoms with E-state index in [2.05, 4.69) is 23.7 Å². The zero-order chi connectivity index (χ0) is 15.8. The smallest absolute Gasteiger partial charge is 0.254 e. The van der Waals surface area contributed by atoms with Gasteiger partial charge in [-0.3, -0.25) is 4.79 Å². The predicted molar refractivity (Wildman–Crippen MR) is 87.4 cm³/mol. The molecule has 0 unspecified atom stereocenters. The van der Waals surface area contributed by atoms with E-state index in [1.54, 1.807) is 6.07 Å². The van der Waals surface area contributed by atoms with E-state index >= 15 is 0 Å². The maximum absolute atomic E-state index is 12.7. The molecule has 0 aliphatic carbocycles. The summed E-state index contributed by atoms with van der Waals surface area (Å²) in [5, 5.41) is 0. The molecule has 5 heteroatoms. The van der Waals surface area contributed by atoms with Gasteiger partial charge in [-0.25, -0.2) is 4.98 Å². The molecule has 0 aromatic carbocycles. The molecular formula is C16H28N4O. The van der Waals surface area contributed by atoms with Gasteiger partial charge >= 0.3 is 0 Å². The zero-order valence-corrected chi connectivity index (χ0v) is 13.7. The van der Waals surface area contributed by atoms with Crippen LogP contribution in [0.25, 0.3) is 0 Å². The minimum Gasteiger partial charge on any atom is -0.384 e. The SMILES string of the molecule is CCCc1cc(C(=O)N(CCC)CCN(C)C)cc(N)n1. The molecule has 118 valence electrons. The molecule has 1 amide bonds. The Bertz CT molecular complexity index is 460. The van der Waals surface area contributed by atoms with E-state index in [1.807, 2.05) is 25.1 Å². The average Bonchev–Trinajstić information content (AvgIpc) is 2.42. The Morgan fingerprint density at radius 3 is 2.43 bits per heavy atom. The van der Waals surface area contributed by atoms with Crippen molar-refractivity contribution in [2.45, 2.75) is 33.1 Å². The third-order valence-corrected chi connectivity index (χ3v) is 3.25. The number of carbonyl (C=O) groups excluding carboxylic acids is 1. The lowest BCUT2D eigenvalue weighted by molar-refractivity contribution is 0.0744. The van der Waals surface area contributed by atoms with Crippen LogP contribution in [-0.2, 0) is 6.42 Å². The zero-order valence-electron chi connectivity index (χ0n) is 13.7. The number of amides is 1. The van der Waals surface area contributed by atoms with Gasteiger partial charge in [0.05, 0.1) is 0 Å². The van der Waals surface area contributed by atoms with Gasteiger partial charge in [0.25, 0.3) is 5.91 Å². The van der Waals surface area contributed by atoms with Gasteiger partial charge in [0.15, 0.2) is 0 Å². The van der Waals surface area contributed by atoms with Crippen molar-refractivity contribution in [3.8, 4) is 0 Å². The van der Waals surface area contributed by atoms with Gasteiger partial charge < -0.3 is 15.5 Å². The van der Waals surface area contributed by atoms with Crippen molar-refractivity contribution in [2.75, 3.05) is 39.5 Å². The number of aryl methyl sites for hydroxylation is 1. The Morgan fingerprint density at radius 2 is 1.86 bits per heavy atom. The van der Waals surface area contributed by atoms with Crippen molar-refractivity contribution < 1.29 is 4.79 Å². The molecule has 0 atom stereocenters. The van der Waals surface area contributed by atoms with Crippen molar-refractivity contribution in [3.63, 3.8) is 0 Å². The average molecular weight is 292 g/mol. The summed E-state index contributed by atoms with van der Waals surface area (Å²) in [5.74, 6) is 0.471. The number of pyridine rings is 1. The van der Waals surface area contributed by atoms with Gasteiger partial charge in [0.2, 0.25) is 0 Å². The van der Waals surface area contributed by atoms with Crippen molar-refractivity contribution >= 4 is 11.7 Å². The molecule has 0 aliphatic heterocycles. The van der Waals surface area contributed by atoms with Crippen LogP contribution < -0.4 is 5.73 Å². The summed E-state index contributed by atoms with van der Waals surface area (Å²) in [6.07, 6.45) is 2.78. The molecule has 1 rings (SSSR count). The minimum atomic E-state index is 0.0464. The molecule has 0 aliphatic rings. The van der Waals surface area contributed by atoms with Crippen LogP contribution in [0.3, 0.4) is 0 Å². The fourth-order valence-corrected chi connectivity index (χ4v) is 2.21. The largest absolute Gasteiger partial charge is 0.384 e. The molecule has 1 aromatic heterocycles. The lowest BCUT2D eigenvalue weighted by Crippen LogP contribution is -2.37. The molecule has 0 fully saturated rings. The molecule has 1 heterocycles. The van der Waals surface area contributed by atoms with Crippen molar-refractivity contribution in [1.82, 2.24) is 14.8 Å². The Labute approximate surface area is 128 Å². The number of anilines is 1. The molecule has 0 saturated carbocycles. The fourth-order valence-electron chi connectivity index (χ4n) is 2.21. The second-order valence-corrected chi connectivity index (χ2v) is 5.62. The highest BCUT2D eigenvalue weighted by molar-refractivity contribution is 5.95. The first kappa shape index (κ1) is 17.4. The Hall–Kier alpha value is -1.62. The lowest BCUT2D eigenvalue weighted by atomic mass is 10.1. The molecule has 2 N–H and O–H groups in total. The number of nitrogens with zero attached hydrogens (tertiary/aromatic N) is 3. The quantitative estimate of drug-likeness (QED) is 0.796. The summed E-state index contributed by atoms with van der Waals surface area (Å²) in [4.78, 5) is 20.9. The van der Waals surface area contributed by atoms with Crippen molar-refractivity contribution in [1.29, 1.82) is 0 Å². The van der Waals surface area contributed by atoms with E-state index in [9.17, 15) is 4.79 Å². The summed E-state index contributed by atoms with van der Waals surface area (Å²) in [5.41, 5.74) is 7.38. The molecule has 0 radical (unpaired) electrons. The van der Waals surface area contributed by atoms with Gasteiger partial charge in [-0.1, -0.05) is 20.3 Å². The van der Waals surface area contributed by atoms with Crippen molar-refractivity contribution in [3.05, 3.63) is 23.4 Å². The van der Waals surface area contributed by atoms with Gasteiger partial charge in [-0.15, -0.1) is 0 Å². The van der Waals surface area contributed by atoms with E-state index in [4.69, 9.17) is 5.73 Å². The molecule has 5 nitrogen and oxygen atoms in total. The van der Waals surface area contributed by atoms with E-state index in [-0.39, 0.29) is 5.91 Å². The predicted octanol–water partition coefficient (Wildman–Crippen LogP) is 2.03. The van der Waals surface area contributed by atoms with Crippen LogP contribution in [0.2, 0.25) is 0 Å². The summed E-state index contributed by atoms with van der Waals surface area (Å²) in [7, 11) is 4.02. The summed E-state index contributed by atoms with van der Waals surface area (Å²) < 4.78 is 0. The highest BCUT2D eigenvalue weighted by atomic mass is 16.2. The van der Waals surface area contributed by atoms with E-state index in [0.717, 1.165) is 44.6 Å². The first-order valence-corrected chi connectivity index (χ1v) is 7.68. The Kier molecular flexibility index (Phi) is 7.15.